The zero-order chi connectivity index (χ0) is 22.5. The summed E-state index contributed by atoms with van der Waals surface area (Å²) >= 11 is 0. The molecule has 0 saturated heterocycles. The number of amides is 2. The van der Waals surface area contributed by atoms with Crippen molar-refractivity contribution >= 4 is 34.4 Å². The van der Waals surface area contributed by atoms with Crippen molar-refractivity contribution in [2.45, 2.75) is 38.6 Å². The minimum atomic E-state index is -0.142. The first-order valence-corrected chi connectivity index (χ1v) is 11.3. The Morgan fingerprint density at radius 2 is 1.81 bits per heavy atom. The second kappa shape index (κ2) is 9.85. The zero-order valence-corrected chi connectivity index (χ0v) is 19.1. The van der Waals surface area contributed by atoms with Crippen LogP contribution < -0.4 is 20.9 Å². The molecule has 2 aromatic carbocycles. The fourth-order valence-electron chi connectivity index (χ4n) is 4.29. The number of urea groups is 1. The third kappa shape index (κ3) is 5.46. The molecule has 1 heterocycles. The predicted molar refractivity (Wildman–Crippen MR) is 131 cm³/mol. The molecule has 0 atom stereocenters. The molecule has 0 aliphatic heterocycles. The van der Waals surface area contributed by atoms with Gasteiger partial charge in [0.05, 0.1) is 5.52 Å². The lowest BCUT2D eigenvalue weighted by molar-refractivity contribution is 0.246. The Balaban J connectivity index is 1.27. The second-order valence-electron chi connectivity index (χ2n) is 8.85. The number of aromatic nitrogens is 2. The Labute approximate surface area is 189 Å². The van der Waals surface area contributed by atoms with Gasteiger partial charge in [-0.15, -0.1) is 0 Å². The summed E-state index contributed by atoms with van der Waals surface area (Å²) in [4.78, 5) is 23.7. The molecule has 1 fully saturated rings. The molecule has 0 radical (unpaired) electrons. The summed E-state index contributed by atoms with van der Waals surface area (Å²) in [5, 5.41) is 10.5. The van der Waals surface area contributed by atoms with E-state index in [1.807, 2.05) is 68.4 Å². The van der Waals surface area contributed by atoms with Crippen molar-refractivity contribution in [3.63, 3.8) is 0 Å². The maximum Gasteiger partial charge on any atom is 0.319 e. The molecule has 1 aliphatic rings. The van der Waals surface area contributed by atoms with Crippen LogP contribution in [0.15, 0.2) is 48.5 Å². The van der Waals surface area contributed by atoms with Gasteiger partial charge in [0.1, 0.15) is 5.82 Å². The first kappa shape index (κ1) is 21.9. The molecule has 3 N–H and O–H groups in total. The van der Waals surface area contributed by atoms with E-state index in [0.29, 0.717) is 24.5 Å². The van der Waals surface area contributed by atoms with Gasteiger partial charge in [-0.25, -0.2) is 9.78 Å². The molecule has 0 bridgehead atoms. The molecule has 0 unspecified atom stereocenters. The molecule has 0 spiro atoms. The number of hydrogen-bond acceptors (Lipinski definition) is 5. The smallest absolute Gasteiger partial charge is 0.319 e. The number of carbonyl (C=O) groups is 1. The standard InChI is InChI=1S/C25H32N6O/c1-17-7-6-8-20(15-17)28-25(32)26-16-18-11-13-19(14-12-18)27-24-29-22-10-5-4-9-21(22)23(30-24)31(2)3/h4-10,15,18-19H,11-14,16H2,1-3H3,(H2,26,28,32)(H,27,29,30)/t18-,19+. The molecule has 1 aromatic heterocycles. The van der Waals surface area contributed by atoms with E-state index in [4.69, 9.17) is 9.97 Å². The average Bonchev–Trinajstić information content (AvgIpc) is 2.78. The number of nitrogens with one attached hydrogen (secondary N) is 3. The minimum Gasteiger partial charge on any atom is -0.362 e. The maximum absolute atomic E-state index is 12.2. The molecule has 1 aliphatic carbocycles. The quantitative estimate of drug-likeness (QED) is 0.521. The number of hydrogen-bond donors (Lipinski definition) is 3. The van der Waals surface area contributed by atoms with Gasteiger partial charge in [-0.3, -0.25) is 0 Å². The van der Waals surface area contributed by atoms with Gasteiger partial charge in [0.25, 0.3) is 0 Å². The normalized spacial score (nSPS) is 18.2. The van der Waals surface area contributed by atoms with E-state index in [2.05, 4.69) is 22.0 Å². The third-order valence-electron chi connectivity index (χ3n) is 6.01. The predicted octanol–water partition coefficient (Wildman–Crippen LogP) is 4.80. The van der Waals surface area contributed by atoms with Crippen molar-refractivity contribution in [2.75, 3.05) is 36.2 Å². The summed E-state index contributed by atoms with van der Waals surface area (Å²) in [5.41, 5.74) is 2.90. The number of nitrogens with zero attached hydrogens (tertiary/aromatic N) is 3. The molecule has 4 rings (SSSR count). The topological polar surface area (TPSA) is 82.2 Å². The van der Waals surface area contributed by atoms with Crippen LogP contribution in [0, 0.1) is 12.8 Å². The number of anilines is 3. The van der Waals surface area contributed by atoms with Crippen LogP contribution in [0.25, 0.3) is 10.9 Å². The van der Waals surface area contributed by atoms with Crippen LogP contribution in [0.5, 0.6) is 0 Å². The fourth-order valence-corrected chi connectivity index (χ4v) is 4.29. The Bertz CT molecular complexity index is 1070. The highest BCUT2D eigenvalue weighted by atomic mass is 16.2. The Kier molecular flexibility index (Phi) is 6.73. The van der Waals surface area contributed by atoms with E-state index in [9.17, 15) is 4.79 Å². The maximum atomic E-state index is 12.2. The van der Waals surface area contributed by atoms with Gasteiger partial charge in [0, 0.05) is 37.8 Å². The monoisotopic (exact) mass is 432 g/mol. The highest BCUT2D eigenvalue weighted by molar-refractivity contribution is 5.90. The van der Waals surface area contributed by atoms with Gasteiger partial charge in [-0.05, 0) is 68.4 Å². The van der Waals surface area contributed by atoms with E-state index in [-0.39, 0.29) is 6.03 Å². The van der Waals surface area contributed by atoms with Crippen molar-refractivity contribution in [2.24, 2.45) is 5.92 Å². The largest absolute Gasteiger partial charge is 0.362 e. The van der Waals surface area contributed by atoms with Gasteiger partial charge in [-0.2, -0.15) is 4.98 Å². The van der Waals surface area contributed by atoms with Crippen molar-refractivity contribution in [3.8, 4) is 0 Å². The third-order valence-corrected chi connectivity index (χ3v) is 6.01. The number of fused-ring (bicyclic) bond motifs is 1. The van der Waals surface area contributed by atoms with Crippen LogP contribution in [0.1, 0.15) is 31.2 Å². The Hall–Kier alpha value is -3.35. The van der Waals surface area contributed by atoms with E-state index in [1.165, 1.54) is 0 Å². The summed E-state index contributed by atoms with van der Waals surface area (Å²) in [5.74, 6) is 2.10. The second-order valence-corrected chi connectivity index (χ2v) is 8.85. The van der Waals surface area contributed by atoms with Crippen LogP contribution >= 0.6 is 0 Å². The van der Waals surface area contributed by atoms with Crippen LogP contribution in [0.4, 0.5) is 22.2 Å². The first-order chi connectivity index (χ1) is 15.5. The van der Waals surface area contributed by atoms with E-state index in [0.717, 1.165) is 53.7 Å². The van der Waals surface area contributed by atoms with Crippen LogP contribution in [0.2, 0.25) is 0 Å². The number of rotatable bonds is 6. The molecule has 7 nitrogen and oxygen atoms in total. The van der Waals surface area contributed by atoms with Gasteiger partial charge in [0.15, 0.2) is 0 Å². The first-order valence-electron chi connectivity index (χ1n) is 11.3. The lowest BCUT2D eigenvalue weighted by atomic mass is 9.86. The Morgan fingerprint density at radius 3 is 2.56 bits per heavy atom. The van der Waals surface area contributed by atoms with E-state index >= 15 is 0 Å². The van der Waals surface area contributed by atoms with Crippen LogP contribution in [0.3, 0.4) is 0 Å². The van der Waals surface area contributed by atoms with Gasteiger partial charge in [-0.1, -0.05) is 24.3 Å². The molecular formula is C25H32N6O. The van der Waals surface area contributed by atoms with Crippen molar-refractivity contribution in [3.05, 3.63) is 54.1 Å². The summed E-state index contributed by atoms with van der Waals surface area (Å²) in [6, 6.07) is 16.1. The number of aryl methyl sites for hydroxylation is 1. The summed E-state index contributed by atoms with van der Waals surface area (Å²) < 4.78 is 0. The zero-order valence-electron chi connectivity index (χ0n) is 19.1. The summed E-state index contributed by atoms with van der Waals surface area (Å²) in [6.45, 7) is 2.71. The summed E-state index contributed by atoms with van der Waals surface area (Å²) in [7, 11) is 4.01. The van der Waals surface area contributed by atoms with Crippen molar-refractivity contribution < 1.29 is 4.79 Å². The fraction of sp³-hybridized carbons (Fsp3) is 0.400. The van der Waals surface area contributed by atoms with Crippen LogP contribution in [-0.4, -0.2) is 42.7 Å². The minimum absolute atomic E-state index is 0.142. The molecule has 168 valence electrons. The molecule has 2 amide bonds. The van der Waals surface area contributed by atoms with Crippen molar-refractivity contribution in [1.82, 2.24) is 15.3 Å². The van der Waals surface area contributed by atoms with E-state index < -0.39 is 0 Å². The SMILES string of the molecule is Cc1cccc(NC(=O)NC[C@H]2CC[C@@H](Nc3nc(N(C)C)c4ccccc4n3)CC2)c1. The lowest BCUT2D eigenvalue weighted by Crippen LogP contribution is -2.36. The highest BCUT2D eigenvalue weighted by Gasteiger charge is 2.22. The number of carbonyl (C=O) groups excluding carboxylic acids is 1. The molecular weight excluding hydrogens is 400 g/mol. The lowest BCUT2D eigenvalue weighted by Gasteiger charge is -2.29. The molecule has 7 heteroatoms. The number of benzene rings is 2. The molecule has 32 heavy (non-hydrogen) atoms. The van der Waals surface area contributed by atoms with Gasteiger partial charge in [0.2, 0.25) is 5.95 Å². The van der Waals surface area contributed by atoms with Crippen molar-refractivity contribution in [1.29, 1.82) is 0 Å². The average molecular weight is 433 g/mol. The summed E-state index contributed by atoms with van der Waals surface area (Å²) in [6.07, 6.45) is 4.21. The number of para-hydroxylation sites is 1. The molecule has 1 saturated carbocycles. The van der Waals surface area contributed by atoms with Crippen LogP contribution in [-0.2, 0) is 0 Å². The molecule has 3 aromatic rings. The highest BCUT2D eigenvalue weighted by Crippen LogP contribution is 2.28. The van der Waals surface area contributed by atoms with E-state index in [1.54, 1.807) is 0 Å². The van der Waals surface area contributed by atoms with Gasteiger partial charge < -0.3 is 20.9 Å². The Morgan fingerprint density at radius 1 is 1.03 bits per heavy atom. The van der Waals surface area contributed by atoms with Gasteiger partial charge >= 0.3 is 6.03 Å².